The molecule has 3 rings (SSSR count). The highest BCUT2D eigenvalue weighted by molar-refractivity contribution is 6.30. The van der Waals surface area contributed by atoms with E-state index in [1.165, 1.54) is 0 Å². The third kappa shape index (κ3) is 2.99. The number of benzene rings is 1. The maximum Gasteiger partial charge on any atom is 0.274 e. The number of aromatic nitrogens is 3. The van der Waals surface area contributed by atoms with Crippen LogP contribution in [0.2, 0.25) is 5.02 Å². The van der Waals surface area contributed by atoms with Gasteiger partial charge >= 0.3 is 0 Å². The number of nitrogens with one attached hydrogen (secondary N) is 1. The number of halogens is 1. The number of hydrogen-bond acceptors (Lipinski definition) is 3. The fraction of sp³-hybridized carbons (Fsp3) is 0.278. The molecule has 2 aromatic heterocycles. The molecule has 3 aromatic rings. The molecule has 24 heavy (non-hydrogen) atoms. The third-order valence-electron chi connectivity index (χ3n) is 4.01. The Kier molecular flexibility index (Phi) is 4.05. The zero-order valence-electron chi connectivity index (χ0n) is 14.1. The van der Waals surface area contributed by atoms with E-state index in [2.05, 4.69) is 15.3 Å². The van der Waals surface area contributed by atoms with Crippen LogP contribution in [0.1, 0.15) is 41.3 Å². The molecule has 0 fully saturated rings. The highest BCUT2D eigenvalue weighted by atomic mass is 35.5. The number of hydrogen-bond donors (Lipinski definition) is 1. The van der Waals surface area contributed by atoms with Crippen LogP contribution < -0.4 is 5.32 Å². The van der Waals surface area contributed by atoms with Crippen molar-refractivity contribution in [2.24, 2.45) is 0 Å². The Morgan fingerprint density at radius 3 is 2.71 bits per heavy atom. The minimum absolute atomic E-state index is 0.264. The third-order valence-corrected chi connectivity index (χ3v) is 4.24. The molecule has 6 heteroatoms. The molecule has 0 saturated heterocycles. The van der Waals surface area contributed by atoms with Crippen LogP contribution in [0.4, 0.5) is 0 Å². The first-order valence-corrected chi connectivity index (χ1v) is 8.05. The topological polar surface area (TPSA) is 59.3 Å². The molecule has 0 aliphatic carbocycles. The molecule has 1 N–H and O–H groups in total. The lowest BCUT2D eigenvalue weighted by Gasteiger charge is -2.26. The van der Waals surface area contributed by atoms with E-state index >= 15 is 0 Å². The summed E-state index contributed by atoms with van der Waals surface area (Å²) >= 11 is 6.06. The summed E-state index contributed by atoms with van der Waals surface area (Å²) in [6.07, 6.45) is 1.62. The summed E-state index contributed by atoms with van der Waals surface area (Å²) in [5.41, 5.74) is 3.05. The van der Waals surface area contributed by atoms with Crippen LogP contribution in [-0.4, -0.2) is 20.3 Å². The van der Waals surface area contributed by atoms with Gasteiger partial charge in [0.2, 0.25) is 0 Å². The summed E-state index contributed by atoms with van der Waals surface area (Å²) in [7, 11) is 0. The first-order chi connectivity index (χ1) is 11.3. The van der Waals surface area contributed by atoms with Crippen LogP contribution in [0.3, 0.4) is 0 Å². The Labute approximate surface area is 145 Å². The Balaban J connectivity index is 1.95. The number of nitrogens with zero attached hydrogens (tertiary/aromatic N) is 3. The normalized spacial score (nSPS) is 11.7. The molecule has 0 bridgehead atoms. The van der Waals surface area contributed by atoms with Crippen LogP contribution in [-0.2, 0) is 5.54 Å². The van der Waals surface area contributed by atoms with E-state index in [0.29, 0.717) is 16.4 Å². The zero-order chi connectivity index (χ0) is 17.5. The number of fused-ring (bicyclic) bond motifs is 1. The predicted octanol–water partition coefficient (Wildman–Crippen LogP) is 3.66. The molecule has 5 nitrogen and oxygen atoms in total. The Bertz CT molecular complexity index is 930. The van der Waals surface area contributed by atoms with E-state index < -0.39 is 5.54 Å². The van der Waals surface area contributed by atoms with E-state index in [1.807, 2.05) is 56.4 Å². The van der Waals surface area contributed by atoms with E-state index in [9.17, 15) is 4.79 Å². The monoisotopic (exact) mass is 342 g/mol. The molecular formula is C18H19ClN4O. The number of carbonyl (C=O) groups excluding carboxylic acids is 1. The second-order valence-corrected chi connectivity index (χ2v) is 6.85. The van der Waals surface area contributed by atoms with Gasteiger partial charge in [-0.15, -0.1) is 0 Å². The van der Waals surface area contributed by atoms with Crippen LogP contribution >= 0.6 is 11.6 Å². The zero-order valence-corrected chi connectivity index (χ0v) is 14.8. The standard InChI is InChI=1S/C18H19ClN4O/c1-11-8-12(2)23-10-20-15(16(23)21-11)17(24)22-18(3,4)13-6-5-7-14(19)9-13/h5-10H,1-4H3,(H,22,24). The summed E-state index contributed by atoms with van der Waals surface area (Å²) < 4.78 is 1.81. The van der Waals surface area contributed by atoms with Gasteiger partial charge in [-0.1, -0.05) is 23.7 Å². The molecule has 124 valence electrons. The van der Waals surface area contributed by atoms with Crippen molar-refractivity contribution in [3.05, 3.63) is 64.3 Å². The molecule has 0 spiro atoms. The Morgan fingerprint density at radius 2 is 2.00 bits per heavy atom. The summed E-state index contributed by atoms with van der Waals surface area (Å²) in [5.74, 6) is -0.264. The van der Waals surface area contributed by atoms with E-state index in [1.54, 1.807) is 12.4 Å². The lowest BCUT2D eigenvalue weighted by Crippen LogP contribution is -2.41. The van der Waals surface area contributed by atoms with Crippen LogP contribution in [0.15, 0.2) is 36.7 Å². The van der Waals surface area contributed by atoms with Gasteiger partial charge in [0.05, 0.1) is 5.54 Å². The second-order valence-electron chi connectivity index (χ2n) is 6.42. The molecule has 0 aliphatic heterocycles. The molecule has 0 saturated carbocycles. The van der Waals surface area contributed by atoms with Crippen LogP contribution in [0.5, 0.6) is 0 Å². The molecule has 0 radical (unpaired) electrons. The van der Waals surface area contributed by atoms with E-state index in [0.717, 1.165) is 17.0 Å². The predicted molar refractivity (Wildman–Crippen MR) is 94.4 cm³/mol. The van der Waals surface area contributed by atoms with Gasteiger partial charge in [-0.05, 0) is 51.5 Å². The fourth-order valence-corrected chi connectivity index (χ4v) is 2.92. The first-order valence-electron chi connectivity index (χ1n) is 7.68. The number of amides is 1. The fourth-order valence-electron chi connectivity index (χ4n) is 2.73. The maximum absolute atomic E-state index is 12.8. The molecule has 0 aliphatic rings. The van der Waals surface area contributed by atoms with Gasteiger partial charge in [0.15, 0.2) is 11.3 Å². The average molecular weight is 343 g/mol. The summed E-state index contributed by atoms with van der Waals surface area (Å²) in [6.45, 7) is 7.72. The van der Waals surface area contributed by atoms with Crippen molar-refractivity contribution in [3.8, 4) is 0 Å². The number of imidazole rings is 1. The lowest BCUT2D eigenvalue weighted by atomic mass is 9.94. The average Bonchev–Trinajstić information content (AvgIpc) is 2.91. The number of rotatable bonds is 3. The van der Waals surface area contributed by atoms with Crippen molar-refractivity contribution in [3.63, 3.8) is 0 Å². The largest absolute Gasteiger partial charge is 0.342 e. The van der Waals surface area contributed by atoms with Crippen molar-refractivity contribution < 1.29 is 4.79 Å². The second kappa shape index (κ2) is 5.91. The van der Waals surface area contributed by atoms with Crippen LogP contribution in [0.25, 0.3) is 5.65 Å². The summed E-state index contributed by atoms with van der Waals surface area (Å²) in [4.78, 5) is 21.5. The van der Waals surface area contributed by atoms with Gasteiger partial charge in [0, 0.05) is 16.4 Å². The smallest absolute Gasteiger partial charge is 0.274 e. The van der Waals surface area contributed by atoms with Crippen LogP contribution in [0, 0.1) is 13.8 Å². The summed E-state index contributed by atoms with van der Waals surface area (Å²) in [5, 5.41) is 3.65. The molecule has 1 aromatic carbocycles. The quantitative estimate of drug-likeness (QED) is 0.790. The number of carbonyl (C=O) groups is 1. The van der Waals surface area contributed by atoms with Gasteiger partial charge in [0.25, 0.3) is 5.91 Å². The molecule has 0 unspecified atom stereocenters. The van der Waals surface area contributed by atoms with Crippen molar-refractivity contribution in [2.45, 2.75) is 33.2 Å². The lowest BCUT2D eigenvalue weighted by molar-refractivity contribution is 0.0909. The van der Waals surface area contributed by atoms with E-state index in [-0.39, 0.29) is 5.91 Å². The Morgan fingerprint density at radius 1 is 1.25 bits per heavy atom. The first kappa shape index (κ1) is 16.5. The van der Waals surface area contributed by atoms with Gasteiger partial charge in [-0.2, -0.15) is 0 Å². The minimum atomic E-state index is -0.587. The van der Waals surface area contributed by atoms with Crippen molar-refractivity contribution in [2.75, 3.05) is 0 Å². The number of aryl methyl sites for hydroxylation is 2. The van der Waals surface area contributed by atoms with Gasteiger partial charge in [-0.25, -0.2) is 9.97 Å². The van der Waals surface area contributed by atoms with Crippen molar-refractivity contribution >= 4 is 23.2 Å². The van der Waals surface area contributed by atoms with Gasteiger partial charge in [-0.3, -0.25) is 9.20 Å². The Hall–Kier alpha value is -2.40. The molecular weight excluding hydrogens is 324 g/mol. The van der Waals surface area contributed by atoms with Gasteiger partial charge < -0.3 is 5.32 Å². The SMILES string of the molecule is Cc1cc(C)n2cnc(C(=O)NC(C)(C)c3cccc(Cl)c3)c2n1. The van der Waals surface area contributed by atoms with Crippen molar-refractivity contribution in [1.29, 1.82) is 0 Å². The highest BCUT2D eigenvalue weighted by Gasteiger charge is 2.26. The highest BCUT2D eigenvalue weighted by Crippen LogP contribution is 2.24. The minimum Gasteiger partial charge on any atom is -0.342 e. The summed E-state index contributed by atoms with van der Waals surface area (Å²) in [6, 6.07) is 9.41. The molecule has 1 amide bonds. The van der Waals surface area contributed by atoms with Gasteiger partial charge in [0.1, 0.15) is 6.33 Å². The molecule has 0 atom stereocenters. The maximum atomic E-state index is 12.8. The molecule has 2 heterocycles. The van der Waals surface area contributed by atoms with E-state index in [4.69, 9.17) is 11.6 Å². The van der Waals surface area contributed by atoms with Crippen molar-refractivity contribution in [1.82, 2.24) is 19.7 Å².